The summed E-state index contributed by atoms with van der Waals surface area (Å²) in [5.74, 6) is -4.39. The fourth-order valence-electron chi connectivity index (χ4n) is 4.94. The number of hydrogen-bond donors (Lipinski definition) is 5. The van der Waals surface area contributed by atoms with Crippen LogP contribution in [0.2, 0.25) is 0 Å². The largest absolute Gasteiger partial charge is 0.507 e. The van der Waals surface area contributed by atoms with E-state index in [9.17, 15) is 35.1 Å². The highest BCUT2D eigenvalue weighted by Gasteiger charge is 2.31. The molecule has 4 aromatic carbocycles. The van der Waals surface area contributed by atoms with E-state index in [0.717, 1.165) is 23.6 Å². The predicted octanol–water partition coefficient (Wildman–Crippen LogP) is 4.84. The van der Waals surface area contributed by atoms with Crippen molar-refractivity contribution in [2.24, 2.45) is 0 Å². The zero-order chi connectivity index (χ0) is 28.7. The van der Waals surface area contributed by atoms with Crippen LogP contribution in [-0.4, -0.2) is 45.7 Å². The van der Waals surface area contributed by atoms with Crippen LogP contribution in [0.1, 0.15) is 23.5 Å². The van der Waals surface area contributed by atoms with E-state index in [1.807, 2.05) is 18.2 Å². The lowest BCUT2D eigenvalue weighted by Gasteiger charge is -2.22. The van der Waals surface area contributed by atoms with Crippen molar-refractivity contribution >= 4 is 27.7 Å². The first kappa shape index (κ1) is 26.2. The molecule has 5 N–H and O–H groups in total. The Morgan fingerprint density at radius 2 is 1.57 bits per heavy atom. The molecule has 5 aromatic rings. The predicted molar refractivity (Wildman–Crippen MR) is 145 cm³/mol. The van der Waals surface area contributed by atoms with E-state index in [0.29, 0.717) is 16.7 Å². The highest BCUT2D eigenvalue weighted by Crippen LogP contribution is 2.46. The average Bonchev–Trinajstić information content (AvgIpc) is 2.94. The van der Waals surface area contributed by atoms with Gasteiger partial charge in [0.25, 0.3) is 0 Å². The van der Waals surface area contributed by atoms with E-state index in [4.69, 9.17) is 13.9 Å². The quantitative estimate of drug-likeness (QED) is 0.147. The van der Waals surface area contributed by atoms with Crippen LogP contribution in [0.15, 0.2) is 69.9 Å². The maximum atomic E-state index is 13.3. The fourth-order valence-corrected chi connectivity index (χ4v) is 4.94. The fraction of sp³-hybridized carbons (Fsp3) is 0.133. The average molecular weight is 545 g/mol. The summed E-state index contributed by atoms with van der Waals surface area (Å²) in [6.07, 6.45) is -0.291. The molecule has 0 bridgehead atoms. The first-order chi connectivity index (χ1) is 19.2. The number of benzene rings is 4. The number of methoxy groups -OCH3 is 2. The van der Waals surface area contributed by atoms with E-state index >= 15 is 0 Å². The van der Waals surface area contributed by atoms with E-state index in [2.05, 4.69) is 0 Å². The lowest BCUT2D eigenvalue weighted by atomic mass is 9.83. The minimum absolute atomic E-state index is 0.0186. The number of fused-ring (bicyclic) bond motifs is 2. The molecule has 0 spiro atoms. The second kappa shape index (κ2) is 10.1. The van der Waals surface area contributed by atoms with Crippen LogP contribution >= 0.6 is 0 Å². The Morgan fingerprint density at radius 1 is 0.850 bits per heavy atom. The maximum Gasteiger partial charge on any atom is 0.306 e. The van der Waals surface area contributed by atoms with Crippen LogP contribution in [-0.2, 0) is 9.53 Å². The summed E-state index contributed by atoms with van der Waals surface area (Å²) in [6, 6.07) is 15.1. The lowest BCUT2D eigenvalue weighted by Crippen LogP contribution is -2.13. The molecule has 1 heterocycles. The summed E-state index contributed by atoms with van der Waals surface area (Å²) in [5, 5.41) is 53.2. The van der Waals surface area contributed by atoms with Gasteiger partial charge in [-0.15, -0.1) is 0 Å². The normalized spacial score (nSPS) is 11.9. The van der Waals surface area contributed by atoms with Crippen LogP contribution in [0.5, 0.6) is 34.5 Å². The second-order valence-corrected chi connectivity index (χ2v) is 9.08. The number of esters is 1. The molecule has 0 saturated heterocycles. The minimum Gasteiger partial charge on any atom is -0.507 e. The van der Waals surface area contributed by atoms with Gasteiger partial charge in [0.05, 0.1) is 20.6 Å². The number of ether oxygens (including phenoxy) is 2. The number of carbonyl (C=O) groups excluding carboxylic acids is 1. The van der Waals surface area contributed by atoms with E-state index in [1.54, 1.807) is 18.2 Å². The summed E-state index contributed by atoms with van der Waals surface area (Å²) in [6.45, 7) is 0. The Morgan fingerprint density at radius 3 is 2.25 bits per heavy atom. The van der Waals surface area contributed by atoms with Crippen LogP contribution < -0.4 is 10.2 Å². The van der Waals surface area contributed by atoms with E-state index < -0.39 is 57.2 Å². The van der Waals surface area contributed by atoms with Gasteiger partial charge in [0, 0.05) is 28.5 Å². The van der Waals surface area contributed by atoms with Crippen LogP contribution in [0.4, 0.5) is 0 Å². The van der Waals surface area contributed by atoms with Gasteiger partial charge in [-0.05, 0) is 35.2 Å². The smallest absolute Gasteiger partial charge is 0.306 e. The van der Waals surface area contributed by atoms with Gasteiger partial charge in [0.2, 0.25) is 11.2 Å². The van der Waals surface area contributed by atoms with Gasteiger partial charge < -0.3 is 39.4 Å². The monoisotopic (exact) mass is 544 g/mol. The summed E-state index contributed by atoms with van der Waals surface area (Å²) in [7, 11) is 2.74. The van der Waals surface area contributed by atoms with Crippen molar-refractivity contribution < 1.29 is 44.2 Å². The molecule has 0 aliphatic heterocycles. The Labute approximate surface area is 226 Å². The van der Waals surface area contributed by atoms with Crippen LogP contribution in [0, 0.1) is 0 Å². The maximum absolute atomic E-state index is 13.3. The Bertz CT molecular complexity index is 1850. The molecule has 204 valence electrons. The molecule has 40 heavy (non-hydrogen) atoms. The van der Waals surface area contributed by atoms with Gasteiger partial charge in [0.15, 0.2) is 17.3 Å². The van der Waals surface area contributed by atoms with E-state index in [1.165, 1.54) is 20.3 Å². The van der Waals surface area contributed by atoms with Gasteiger partial charge in [-0.3, -0.25) is 9.59 Å². The summed E-state index contributed by atoms with van der Waals surface area (Å²) >= 11 is 0. The Kier molecular flexibility index (Phi) is 6.60. The molecular formula is C30H24O10. The van der Waals surface area contributed by atoms with Crippen LogP contribution in [0.25, 0.3) is 33.1 Å². The Hall–Kier alpha value is -5.38. The molecule has 5 rings (SSSR count). The molecule has 1 aromatic heterocycles. The highest BCUT2D eigenvalue weighted by molar-refractivity contribution is 5.95. The second-order valence-electron chi connectivity index (χ2n) is 9.08. The number of rotatable bonds is 6. The SMILES string of the molecule is COC(=O)CC(c1ccc(OC)c2ccccc12)c1c(O)cc(O)c2c(=O)c(O)c(-c3ccc(O)c(O)c3)oc12. The molecule has 0 aliphatic rings. The third-order valence-electron chi connectivity index (χ3n) is 6.84. The minimum atomic E-state index is -1.01. The highest BCUT2D eigenvalue weighted by atomic mass is 16.5. The first-order valence-corrected chi connectivity index (χ1v) is 12.1. The van der Waals surface area contributed by atoms with Crippen molar-refractivity contribution in [2.45, 2.75) is 12.3 Å². The number of carbonyl (C=O) groups is 1. The molecule has 0 fully saturated rings. The van der Waals surface area contributed by atoms with Crippen molar-refractivity contribution in [2.75, 3.05) is 14.2 Å². The van der Waals surface area contributed by atoms with Crippen molar-refractivity contribution in [1.29, 1.82) is 0 Å². The molecular weight excluding hydrogens is 520 g/mol. The molecule has 10 heteroatoms. The Balaban J connectivity index is 1.89. The van der Waals surface area contributed by atoms with Crippen molar-refractivity contribution in [3.63, 3.8) is 0 Å². The summed E-state index contributed by atoms with van der Waals surface area (Å²) < 4.78 is 16.4. The molecule has 0 aliphatic carbocycles. The van der Waals surface area contributed by atoms with Gasteiger partial charge in [-0.25, -0.2) is 0 Å². The molecule has 1 unspecified atom stereocenters. The van der Waals surface area contributed by atoms with Gasteiger partial charge in [0.1, 0.15) is 28.2 Å². The molecule has 10 nitrogen and oxygen atoms in total. The third-order valence-corrected chi connectivity index (χ3v) is 6.84. The zero-order valence-electron chi connectivity index (χ0n) is 21.3. The van der Waals surface area contributed by atoms with Crippen LogP contribution in [0.3, 0.4) is 0 Å². The van der Waals surface area contributed by atoms with Gasteiger partial charge >= 0.3 is 5.97 Å². The third kappa shape index (κ3) is 4.25. The number of phenols is 4. The van der Waals surface area contributed by atoms with Gasteiger partial charge in [-0.1, -0.05) is 30.3 Å². The van der Waals surface area contributed by atoms with Gasteiger partial charge in [-0.2, -0.15) is 0 Å². The summed E-state index contributed by atoms with van der Waals surface area (Å²) in [4.78, 5) is 26.0. The van der Waals surface area contributed by atoms with Crippen molar-refractivity contribution in [3.8, 4) is 45.8 Å². The standard InChI is InChI=1S/C30H24O10/c1-38-23-10-8-16(15-5-3-4-6-17(15)23)18(12-24(35)39-2)25-21(33)13-22(34)26-27(36)28(37)29(40-30(25)26)14-7-9-19(31)20(32)11-14/h3-11,13,18,31-34,37H,12H2,1-2H3. The molecule has 0 saturated carbocycles. The zero-order valence-corrected chi connectivity index (χ0v) is 21.3. The lowest BCUT2D eigenvalue weighted by molar-refractivity contribution is -0.140. The number of phenolic OH excluding ortho intramolecular Hbond substituents is 4. The van der Waals surface area contributed by atoms with Crippen molar-refractivity contribution in [1.82, 2.24) is 0 Å². The topological polar surface area (TPSA) is 167 Å². The molecule has 0 radical (unpaired) electrons. The van der Waals surface area contributed by atoms with E-state index in [-0.39, 0.29) is 23.1 Å². The summed E-state index contributed by atoms with van der Waals surface area (Å²) in [5.41, 5.74) is -0.742. The molecule has 1 atom stereocenters. The molecule has 0 amide bonds. The first-order valence-electron chi connectivity index (χ1n) is 12.1. The van der Waals surface area contributed by atoms with Crippen molar-refractivity contribution in [3.05, 3.63) is 82.0 Å². The number of hydrogen-bond acceptors (Lipinski definition) is 10. The number of aromatic hydroxyl groups is 5.